The van der Waals surface area contributed by atoms with Gasteiger partial charge in [-0.15, -0.1) is 0 Å². The van der Waals surface area contributed by atoms with E-state index in [1.54, 1.807) is 24.3 Å². The van der Waals surface area contributed by atoms with Crippen LogP contribution in [0, 0.1) is 10.1 Å². The van der Waals surface area contributed by atoms with Gasteiger partial charge in [0.15, 0.2) is 0 Å². The fourth-order valence-corrected chi connectivity index (χ4v) is 2.65. The Morgan fingerprint density at radius 3 is 1.95 bits per heavy atom. The molecule has 0 saturated carbocycles. The van der Waals surface area contributed by atoms with Crippen molar-refractivity contribution in [1.29, 1.82) is 0 Å². The van der Waals surface area contributed by atoms with Gasteiger partial charge in [0.25, 0.3) is 15.7 Å². The Hall–Kier alpha value is -2.41. The summed E-state index contributed by atoms with van der Waals surface area (Å²) in [6, 6.07) is 4.76. The first-order valence-electron chi connectivity index (χ1n) is 5.31. The number of benzene rings is 1. The Morgan fingerprint density at radius 1 is 0.947 bits per heavy atom. The molecule has 1 heterocycles. The number of hydrogen-bond donors (Lipinski definition) is 0. The van der Waals surface area contributed by atoms with Gasteiger partial charge in [-0.3, -0.25) is 10.1 Å². The van der Waals surface area contributed by atoms with Crippen molar-refractivity contribution >= 4 is 15.7 Å². The van der Waals surface area contributed by atoms with Crippen molar-refractivity contribution in [3.05, 3.63) is 71.1 Å². The van der Waals surface area contributed by atoms with E-state index in [4.69, 9.17) is 0 Å². The summed E-state index contributed by atoms with van der Waals surface area (Å²) in [5.41, 5.74) is -0.150. The Kier molecular flexibility index (Phi) is 3.48. The van der Waals surface area contributed by atoms with Gasteiger partial charge >= 0.3 is 0 Å². The summed E-state index contributed by atoms with van der Waals surface area (Å²) in [7, 11) is -3.73. The Labute approximate surface area is 110 Å². The van der Waals surface area contributed by atoms with E-state index in [2.05, 4.69) is 0 Å². The van der Waals surface area contributed by atoms with E-state index in [9.17, 15) is 18.5 Å². The molecule has 1 aromatic rings. The summed E-state index contributed by atoms with van der Waals surface area (Å²) in [5, 5.41) is 10.5. The third-order valence-corrected chi connectivity index (χ3v) is 4.09. The minimum absolute atomic E-state index is 0.00528. The predicted octanol–water partition coefficient (Wildman–Crippen LogP) is 2.18. The lowest BCUT2D eigenvalue weighted by Gasteiger charge is -2.15. The van der Waals surface area contributed by atoms with E-state index in [0.717, 1.165) is 16.4 Å². The zero-order chi connectivity index (χ0) is 13.9. The summed E-state index contributed by atoms with van der Waals surface area (Å²) in [6.45, 7) is 0. The van der Waals surface area contributed by atoms with E-state index < -0.39 is 14.9 Å². The number of rotatable bonds is 3. The fraction of sp³-hybridized carbons (Fsp3) is 0. The molecule has 0 saturated heterocycles. The number of non-ortho nitro benzene ring substituents is 1. The molecule has 0 radical (unpaired) electrons. The van der Waals surface area contributed by atoms with Crippen molar-refractivity contribution in [3.8, 4) is 0 Å². The highest BCUT2D eigenvalue weighted by Gasteiger charge is 2.20. The first kappa shape index (κ1) is 13.0. The monoisotopic (exact) mass is 278 g/mol. The quantitative estimate of drug-likeness (QED) is 0.627. The van der Waals surface area contributed by atoms with Crippen molar-refractivity contribution < 1.29 is 13.3 Å². The molecule has 0 aliphatic carbocycles. The standard InChI is InChI=1S/C12H10N2O4S/c15-14(16)11-5-7-12(8-6-11)19(17,18)13-9-3-1-2-4-10-13/h1-10H. The number of nitro benzene ring substituents is 1. The van der Waals surface area contributed by atoms with Crippen LogP contribution in [-0.4, -0.2) is 17.6 Å². The maximum atomic E-state index is 12.2. The summed E-state index contributed by atoms with van der Waals surface area (Å²) in [5.74, 6) is 0. The van der Waals surface area contributed by atoms with Gasteiger partial charge in [0, 0.05) is 24.5 Å². The second-order valence-electron chi connectivity index (χ2n) is 3.65. The zero-order valence-electron chi connectivity index (χ0n) is 9.71. The largest absolute Gasteiger partial charge is 0.269 e. The van der Waals surface area contributed by atoms with E-state index in [-0.39, 0.29) is 10.6 Å². The van der Waals surface area contributed by atoms with Gasteiger partial charge in [-0.05, 0) is 24.3 Å². The predicted molar refractivity (Wildman–Crippen MR) is 69.5 cm³/mol. The fourth-order valence-electron chi connectivity index (χ4n) is 1.47. The summed E-state index contributed by atoms with van der Waals surface area (Å²) in [4.78, 5) is 9.94. The number of nitro groups is 1. The lowest BCUT2D eigenvalue weighted by molar-refractivity contribution is -0.384. The van der Waals surface area contributed by atoms with E-state index in [1.165, 1.54) is 24.5 Å². The van der Waals surface area contributed by atoms with Crippen LogP contribution in [0.3, 0.4) is 0 Å². The summed E-state index contributed by atoms with van der Waals surface area (Å²) in [6.07, 6.45) is 9.36. The molecule has 0 spiro atoms. The van der Waals surface area contributed by atoms with E-state index in [1.807, 2.05) is 0 Å². The van der Waals surface area contributed by atoms with Crippen LogP contribution in [-0.2, 0) is 10.0 Å². The molecule has 0 bridgehead atoms. The molecular weight excluding hydrogens is 268 g/mol. The van der Waals surface area contributed by atoms with E-state index in [0.29, 0.717) is 0 Å². The second-order valence-corrected chi connectivity index (χ2v) is 5.50. The molecule has 0 atom stereocenters. The normalized spacial score (nSPS) is 14.4. The lowest BCUT2D eigenvalue weighted by Crippen LogP contribution is -2.20. The minimum atomic E-state index is -3.73. The maximum Gasteiger partial charge on any atom is 0.269 e. The lowest BCUT2D eigenvalue weighted by atomic mass is 10.3. The van der Waals surface area contributed by atoms with Crippen molar-refractivity contribution in [2.24, 2.45) is 0 Å². The first-order chi connectivity index (χ1) is 9.01. The molecule has 1 aromatic carbocycles. The van der Waals surface area contributed by atoms with Crippen LogP contribution in [0.1, 0.15) is 0 Å². The first-order valence-corrected chi connectivity index (χ1v) is 6.75. The molecule has 0 unspecified atom stereocenters. The highest BCUT2D eigenvalue weighted by Crippen LogP contribution is 2.20. The van der Waals surface area contributed by atoms with Crippen molar-refractivity contribution in [2.75, 3.05) is 0 Å². The highest BCUT2D eigenvalue weighted by molar-refractivity contribution is 7.89. The molecule has 98 valence electrons. The van der Waals surface area contributed by atoms with Crippen molar-refractivity contribution in [1.82, 2.24) is 4.31 Å². The molecule has 0 aromatic heterocycles. The second kappa shape index (κ2) is 5.07. The van der Waals surface area contributed by atoms with Gasteiger partial charge in [-0.1, -0.05) is 12.2 Å². The van der Waals surface area contributed by atoms with Crippen LogP contribution in [0.4, 0.5) is 5.69 Å². The third kappa shape index (κ3) is 2.71. The molecule has 0 fully saturated rings. The number of allylic oxidation sites excluding steroid dienone is 4. The van der Waals surface area contributed by atoms with Crippen LogP contribution in [0.15, 0.2) is 65.9 Å². The Morgan fingerprint density at radius 2 is 1.47 bits per heavy atom. The number of sulfonamides is 1. The summed E-state index contributed by atoms with van der Waals surface area (Å²) < 4.78 is 25.5. The molecule has 1 aliphatic rings. The number of hydrogen-bond acceptors (Lipinski definition) is 4. The Balaban J connectivity index is 2.37. The zero-order valence-corrected chi connectivity index (χ0v) is 10.5. The molecule has 0 amide bonds. The van der Waals surface area contributed by atoms with Crippen LogP contribution in [0.2, 0.25) is 0 Å². The number of nitrogens with zero attached hydrogens (tertiary/aromatic N) is 2. The molecule has 1 aliphatic heterocycles. The van der Waals surface area contributed by atoms with Gasteiger partial charge in [0.05, 0.1) is 9.82 Å². The average molecular weight is 278 g/mol. The summed E-state index contributed by atoms with van der Waals surface area (Å²) >= 11 is 0. The molecule has 7 heteroatoms. The van der Waals surface area contributed by atoms with E-state index >= 15 is 0 Å². The highest BCUT2D eigenvalue weighted by atomic mass is 32.2. The van der Waals surface area contributed by atoms with Gasteiger partial charge in [-0.25, -0.2) is 12.7 Å². The van der Waals surface area contributed by atoms with Crippen molar-refractivity contribution in [3.63, 3.8) is 0 Å². The smallest absolute Gasteiger partial charge is 0.258 e. The van der Waals surface area contributed by atoms with Gasteiger partial charge in [-0.2, -0.15) is 0 Å². The SMILES string of the molecule is O=[N+]([O-])c1ccc(S(=O)(=O)N2C=CC=CC=C2)cc1. The third-order valence-electron chi connectivity index (χ3n) is 2.42. The Bertz CT molecular complexity index is 656. The van der Waals surface area contributed by atoms with Gasteiger partial charge in [0.1, 0.15) is 0 Å². The molecule has 2 rings (SSSR count). The minimum Gasteiger partial charge on any atom is -0.258 e. The molecule has 6 nitrogen and oxygen atoms in total. The van der Waals surface area contributed by atoms with Crippen LogP contribution in [0.25, 0.3) is 0 Å². The molecular formula is C12H10N2O4S. The maximum absolute atomic E-state index is 12.2. The van der Waals surface area contributed by atoms with Crippen LogP contribution < -0.4 is 0 Å². The molecule has 0 N–H and O–H groups in total. The van der Waals surface area contributed by atoms with Gasteiger partial charge in [0.2, 0.25) is 0 Å². The van der Waals surface area contributed by atoms with Crippen molar-refractivity contribution in [2.45, 2.75) is 4.90 Å². The topological polar surface area (TPSA) is 80.5 Å². The average Bonchev–Trinajstić information content (AvgIpc) is 2.68. The molecule has 19 heavy (non-hydrogen) atoms. The van der Waals surface area contributed by atoms with Crippen LogP contribution >= 0.6 is 0 Å². The van der Waals surface area contributed by atoms with Crippen LogP contribution in [0.5, 0.6) is 0 Å². The van der Waals surface area contributed by atoms with Gasteiger partial charge < -0.3 is 0 Å².